The third kappa shape index (κ3) is 8.51. The average Bonchev–Trinajstić information content (AvgIpc) is 4.05. The maximum absolute atomic E-state index is 13.9. The Balaban J connectivity index is 0.977. The second-order valence-corrected chi connectivity index (χ2v) is 15.5. The molecule has 4 aliphatic rings. The highest BCUT2D eigenvalue weighted by molar-refractivity contribution is 5.99. The van der Waals surface area contributed by atoms with Crippen LogP contribution in [-0.4, -0.2) is 95.4 Å². The van der Waals surface area contributed by atoms with E-state index in [1.807, 2.05) is 36.4 Å². The fourth-order valence-corrected chi connectivity index (χ4v) is 8.15. The summed E-state index contributed by atoms with van der Waals surface area (Å²) in [5, 5.41) is 19.8. The number of amides is 5. The molecular weight excluding hydrogens is 683 g/mol. The second kappa shape index (κ2) is 16.5. The predicted octanol–water partition coefficient (Wildman–Crippen LogP) is 3.85. The summed E-state index contributed by atoms with van der Waals surface area (Å²) in [6.07, 6.45) is 4.82. The molecule has 5 amide bonds. The van der Waals surface area contributed by atoms with Crippen LogP contribution >= 0.6 is 0 Å². The summed E-state index contributed by atoms with van der Waals surface area (Å²) in [5.41, 5.74) is 3.01. The maximum atomic E-state index is 13.9. The first-order valence-corrected chi connectivity index (χ1v) is 19.6. The molecule has 0 unspecified atom stereocenters. The lowest BCUT2D eigenvalue weighted by Gasteiger charge is -2.18. The molecule has 11 heteroatoms. The minimum Gasteiger partial charge on any atom is -0.390 e. The second-order valence-electron chi connectivity index (χ2n) is 15.5. The van der Waals surface area contributed by atoms with E-state index in [1.54, 1.807) is 29.2 Å². The van der Waals surface area contributed by atoms with Crippen LogP contribution in [0.1, 0.15) is 89.1 Å². The fraction of sp³-hybridized carbons (Fsp3) is 0.465. The van der Waals surface area contributed by atoms with Crippen molar-refractivity contribution in [3.05, 3.63) is 107 Å². The zero-order chi connectivity index (χ0) is 37.8. The van der Waals surface area contributed by atoms with E-state index in [0.29, 0.717) is 17.7 Å². The SMILES string of the molecule is CCCCCCNC(=O)[C@@H]1CN(C(=O)c2ccc(C(=O)N3C[C@@H](C(=O)N[C@H]4C[C@@H]4c4ccccc4)[C@H](C(=O)N[C@H]4C[C@@H]4c4ccccc4)C3)cc2)C[C@@H]1O. The molecule has 0 bridgehead atoms. The van der Waals surface area contributed by atoms with Gasteiger partial charge >= 0.3 is 0 Å². The molecule has 2 saturated heterocycles. The van der Waals surface area contributed by atoms with Crippen molar-refractivity contribution in [2.45, 2.75) is 75.5 Å². The molecule has 11 nitrogen and oxygen atoms in total. The lowest BCUT2D eigenvalue weighted by atomic mass is 9.94. The van der Waals surface area contributed by atoms with E-state index < -0.39 is 23.9 Å². The molecule has 2 aliphatic heterocycles. The van der Waals surface area contributed by atoms with Crippen molar-refractivity contribution in [3.63, 3.8) is 0 Å². The Bertz CT molecular complexity index is 1750. The van der Waals surface area contributed by atoms with Crippen LogP contribution in [0.3, 0.4) is 0 Å². The molecule has 2 saturated carbocycles. The number of hydrogen-bond donors (Lipinski definition) is 4. The minimum absolute atomic E-state index is 0.0127. The normalized spacial score (nSPS) is 26.9. The van der Waals surface area contributed by atoms with E-state index in [-0.39, 0.29) is 79.6 Å². The van der Waals surface area contributed by atoms with Crippen molar-refractivity contribution >= 4 is 29.5 Å². The number of likely N-dealkylation sites (tertiary alicyclic amines) is 2. The van der Waals surface area contributed by atoms with Crippen LogP contribution in [0, 0.1) is 17.8 Å². The van der Waals surface area contributed by atoms with Gasteiger partial charge in [0.05, 0.1) is 23.9 Å². The Morgan fingerprint density at radius 1 is 0.593 bits per heavy atom. The lowest BCUT2D eigenvalue weighted by molar-refractivity contribution is -0.133. The molecule has 4 N–H and O–H groups in total. The van der Waals surface area contributed by atoms with Crippen molar-refractivity contribution in [2.24, 2.45) is 17.8 Å². The number of carbonyl (C=O) groups excluding carboxylic acids is 5. The van der Waals surface area contributed by atoms with E-state index in [0.717, 1.165) is 38.5 Å². The largest absolute Gasteiger partial charge is 0.390 e. The minimum atomic E-state index is -0.954. The quantitative estimate of drug-likeness (QED) is 0.185. The van der Waals surface area contributed by atoms with Gasteiger partial charge in [-0.1, -0.05) is 86.8 Å². The van der Waals surface area contributed by atoms with Crippen LogP contribution in [0.5, 0.6) is 0 Å². The van der Waals surface area contributed by atoms with E-state index in [1.165, 1.54) is 16.0 Å². The number of β-amino-alcohol motifs (C(OH)–C–C–N with tert-alkyl or cyclic N) is 1. The van der Waals surface area contributed by atoms with Gasteiger partial charge in [0.25, 0.3) is 11.8 Å². The predicted molar refractivity (Wildman–Crippen MR) is 203 cm³/mol. The highest BCUT2D eigenvalue weighted by Crippen LogP contribution is 2.42. The van der Waals surface area contributed by atoms with Crippen LogP contribution in [0.4, 0.5) is 0 Å². The summed E-state index contributed by atoms with van der Waals surface area (Å²) in [5.74, 6) is -2.99. The number of benzene rings is 3. The molecule has 0 aromatic heterocycles. The maximum Gasteiger partial charge on any atom is 0.253 e. The molecule has 7 rings (SSSR count). The van der Waals surface area contributed by atoms with Gasteiger partial charge in [-0.15, -0.1) is 0 Å². The summed E-state index contributed by atoms with van der Waals surface area (Å²) < 4.78 is 0. The molecule has 0 spiro atoms. The van der Waals surface area contributed by atoms with Crippen LogP contribution in [0.2, 0.25) is 0 Å². The van der Waals surface area contributed by atoms with Crippen LogP contribution in [0.25, 0.3) is 0 Å². The molecule has 4 fully saturated rings. The fourth-order valence-electron chi connectivity index (χ4n) is 8.15. The summed E-state index contributed by atoms with van der Waals surface area (Å²) >= 11 is 0. The average molecular weight is 734 g/mol. The van der Waals surface area contributed by atoms with Gasteiger partial charge < -0.3 is 30.9 Å². The Labute approximate surface area is 316 Å². The van der Waals surface area contributed by atoms with Gasteiger partial charge in [-0.05, 0) is 54.7 Å². The van der Waals surface area contributed by atoms with E-state index >= 15 is 0 Å². The van der Waals surface area contributed by atoms with E-state index in [2.05, 4.69) is 47.1 Å². The van der Waals surface area contributed by atoms with Crippen molar-refractivity contribution in [3.8, 4) is 0 Å². The molecule has 2 heterocycles. The van der Waals surface area contributed by atoms with Gasteiger partial charge in [-0.25, -0.2) is 0 Å². The van der Waals surface area contributed by atoms with Gasteiger partial charge in [0.1, 0.15) is 0 Å². The number of carbonyl (C=O) groups is 5. The molecule has 3 aromatic rings. The Morgan fingerprint density at radius 2 is 1.06 bits per heavy atom. The first kappa shape index (κ1) is 37.3. The zero-order valence-corrected chi connectivity index (χ0v) is 30.9. The number of unbranched alkanes of at least 4 members (excludes halogenated alkanes) is 3. The van der Waals surface area contributed by atoms with Crippen LogP contribution in [-0.2, 0) is 14.4 Å². The van der Waals surface area contributed by atoms with Crippen molar-refractivity contribution < 1.29 is 29.1 Å². The monoisotopic (exact) mass is 733 g/mol. The first-order chi connectivity index (χ1) is 26.2. The van der Waals surface area contributed by atoms with Gasteiger partial charge in [-0.3, -0.25) is 24.0 Å². The number of nitrogens with one attached hydrogen (secondary N) is 3. The summed E-state index contributed by atoms with van der Waals surface area (Å²) in [6, 6.07) is 26.4. The van der Waals surface area contributed by atoms with Crippen LogP contribution in [0.15, 0.2) is 84.9 Å². The van der Waals surface area contributed by atoms with Crippen molar-refractivity contribution in [1.82, 2.24) is 25.8 Å². The standard InChI is InChI=1S/C43H51N5O6/c1-2-3-4-11-20-44-39(50)35-25-48(26-38(35)49)43(54)30-18-16-29(17-19-30)42(53)47-23-33(40(51)45-36-21-31(36)27-12-7-5-8-13-27)34(24-47)41(52)46-37-22-32(37)28-14-9-6-10-15-28/h5-10,12-19,31-38,49H,2-4,11,20-26H2,1H3,(H,44,50)(H,45,51)(H,46,52)/t31-,32-,33-,34-,35-,36+,37+,38+/m1/s1. The van der Waals surface area contributed by atoms with Gasteiger partial charge in [-0.2, -0.15) is 0 Å². The van der Waals surface area contributed by atoms with Gasteiger partial charge in [0.2, 0.25) is 17.7 Å². The third-order valence-corrected chi connectivity index (χ3v) is 11.6. The van der Waals surface area contributed by atoms with Crippen molar-refractivity contribution in [2.75, 3.05) is 32.7 Å². The molecule has 3 aromatic carbocycles. The number of hydrogen-bond acceptors (Lipinski definition) is 6. The van der Waals surface area contributed by atoms with Crippen molar-refractivity contribution in [1.29, 1.82) is 0 Å². The number of aliphatic hydroxyl groups excluding tert-OH is 1. The summed E-state index contributed by atoms with van der Waals surface area (Å²) in [7, 11) is 0. The molecule has 54 heavy (non-hydrogen) atoms. The topological polar surface area (TPSA) is 148 Å². The third-order valence-electron chi connectivity index (χ3n) is 11.6. The van der Waals surface area contributed by atoms with Gasteiger partial charge in [0, 0.05) is 67.8 Å². The highest BCUT2D eigenvalue weighted by Gasteiger charge is 2.49. The Morgan fingerprint density at radius 3 is 1.54 bits per heavy atom. The molecule has 0 radical (unpaired) electrons. The Hall–Kier alpha value is -5.03. The van der Waals surface area contributed by atoms with Gasteiger partial charge in [0.15, 0.2) is 0 Å². The number of nitrogens with zero attached hydrogens (tertiary/aromatic N) is 2. The van der Waals surface area contributed by atoms with E-state index in [9.17, 15) is 29.1 Å². The molecule has 284 valence electrons. The Kier molecular flexibility index (Phi) is 11.4. The zero-order valence-electron chi connectivity index (χ0n) is 30.9. The highest BCUT2D eigenvalue weighted by atomic mass is 16.3. The first-order valence-electron chi connectivity index (χ1n) is 19.6. The van der Waals surface area contributed by atoms with E-state index in [4.69, 9.17) is 0 Å². The molecule has 2 aliphatic carbocycles. The number of rotatable bonds is 14. The molecular formula is C43H51N5O6. The molecule has 8 atom stereocenters. The lowest BCUT2D eigenvalue weighted by Crippen LogP contribution is -2.43. The van der Waals surface area contributed by atoms with Crippen LogP contribution < -0.4 is 16.0 Å². The number of aliphatic hydroxyl groups is 1. The summed E-state index contributed by atoms with van der Waals surface area (Å²) in [4.78, 5) is 70.6. The summed E-state index contributed by atoms with van der Waals surface area (Å²) in [6.45, 7) is 3.04. The smallest absolute Gasteiger partial charge is 0.253 e.